The molecule has 0 saturated carbocycles. The van der Waals surface area contributed by atoms with Crippen LogP contribution in [0.25, 0.3) is 10.2 Å². The molecule has 0 bridgehead atoms. The second-order valence-electron chi connectivity index (χ2n) is 6.51. The lowest BCUT2D eigenvalue weighted by Gasteiger charge is -2.11. The summed E-state index contributed by atoms with van der Waals surface area (Å²) in [5.74, 6) is -0.581. The van der Waals surface area contributed by atoms with Gasteiger partial charge in [-0.3, -0.25) is 4.79 Å². The van der Waals surface area contributed by atoms with Gasteiger partial charge in [0.2, 0.25) is 0 Å². The monoisotopic (exact) mass is 423 g/mol. The van der Waals surface area contributed by atoms with Crippen molar-refractivity contribution < 1.29 is 9.18 Å². The number of aryl methyl sites for hydroxylation is 2. The molecule has 7 heteroatoms. The number of hydrogen-bond acceptors (Lipinski definition) is 5. The second-order valence-corrected chi connectivity index (χ2v) is 8.75. The molecule has 2 aromatic carbocycles. The average Bonchev–Trinajstić information content (AvgIpc) is 3.02. The molecular weight excluding hydrogens is 405 g/mol. The van der Waals surface area contributed by atoms with E-state index in [1.165, 1.54) is 22.7 Å². The molecule has 0 saturated heterocycles. The molecule has 1 amide bonds. The molecule has 1 N–H and O–H groups in total. The van der Waals surface area contributed by atoms with Gasteiger partial charge < -0.3 is 5.32 Å². The summed E-state index contributed by atoms with van der Waals surface area (Å²) in [6.07, 6.45) is 1.56. The zero-order valence-electron chi connectivity index (χ0n) is 15.9. The van der Waals surface area contributed by atoms with Crippen LogP contribution in [0, 0.1) is 19.7 Å². The van der Waals surface area contributed by atoms with Crippen molar-refractivity contribution in [2.45, 2.75) is 30.3 Å². The van der Waals surface area contributed by atoms with E-state index in [4.69, 9.17) is 0 Å². The summed E-state index contributed by atoms with van der Waals surface area (Å²) in [5.41, 5.74) is 2.15. The molecule has 0 fully saturated rings. The van der Waals surface area contributed by atoms with E-state index in [-0.39, 0.29) is 18.3 Å². The van der Waals surface area contributed by atoms with Crippen LogP contribution in [0.5, 0.6) is 0 Å². The number of carbonyl (C=O) groups excluding carboxylic acids is 1. The standard InChI is InChI=1S/C22H18FN3OS2/c1-13-14(2)28-21-19(13)22(26-12-25-21)29-18-10-6-4-8-16(18)20(27)24-11-15-7-3-5-9-17(15)23/h3-10,12H,11H2,1-2H3,(H,24,27). The van der Waals surface area contributed by atoms with E-state index < -0.39 is 0 Å². The highest BCUT2D eigenvalue weighted by atomic mass is 32.2. The third kappa shape index (κ3) is 4.02. The number of amides is 1. The third-order valence-electron chi connectivity index (χ3n) is 4.67. The van der Waals surface area contributed by atoms with Gasteiger partial charge in [-0.05, 0) is 37.6 Å². The molecule has 2 aromatic heterocycles. The van der Waals surface area contributed by atoms with Crippen LogP contribution in [0.3, 0.4) is 0 Å². The van der Waals surface area contributed by atoms with Crippen LogP contribution in [0.2, 0.25) is 0 Å². The van der Waals surface area contributed by atoms with Crippen LogP contribution >= 0.6 is 23.1 Å². The van der Waals surface area contributed by atoms with Crippen molar-refractivity contribution in [3.63, 3.8) is 0 Å². The van der Waals surface area contributed by atoms with Gasteiger partial charge in [0.05, 0.1) is 5.56 Å². The van der Waals surface area contributed by atoms with Crippen LogP contribution in [0.4, 0.5) is 4.39 Å². The Kier molecular flexibility index (Phi) is 5.60. The molecule has 29 heavy (non-hydrogen) atoms. The maximum atomic E-state index is 13.8. The highest BCUT2D eigenvalue weighted by Crippen LogP contribution is 2.38. The van der Waals surface area contributed by atoms with Crippen molar-refractivity contribution in [3.8, 4) is 0 Å². The summed E-state index contributed by atoms with van der Waals surface area (Å²) >= 11 is 3.09. The molecule has 0 spiro atoms. The fraction of sp³-hybridized carbons (Fsp3) is 0.136. The normalized spacial score (nSPS) is 11.0. The summed E-state index contributed by atoms with van der Waals surface area (Å²) in [6.45, 7) is 4.26. The maximum absolute atomic E-state index is 13.8. The molecule has 0 aliphatic carbocycles. The Morgan fingerprint density at radius 2 is 1.86 bits per heavy atom. The number of fused-ring (bicyclic) bond motifs is 1. The topological polar surface area (TPSA) is 54.9 Å². The third-order valence-corrected chi connectivity index (χ3v) is 6.86. The van der Waals surface area contributed by atoms with Gasteiger partial charge in [-0.1, -0.05) is 42.1 Å². The van der Waals surface area contributed by atoms with Crippen molar-refractivity contribution in [1.82, 2.24) is 15.3 Å². The first-order valence-corrected chi connectivity index (χ1v) is 10.7. The summed E-state index contributed by atoms with van der Waals surface area (Å²) in [4.78, 5) is 24.6. The number of aromatic nitrogens is 2. The van der Waals surface area contributed by atoms with E-state index in [2.05, 4.69) is 29.1 Å². The van der Waals surface area contributed by atoms with Gasteiger partial charge in [-0.15, -0.1) is 11.3 Å². The van der Waals surface area contributed by atoms with Gasteiger partial charge in [-0.2, -0.15) is 0 Å². The smallest absolute Gasteiger partial charge is 0.252 e. The molecule has 0 aliphatic rings. The van der Waals surface area contributed by atoms with Gasteiger partial charge in [0.15, 0.2) is 0 Å². The molecule has 146 valence electrons. The van der Waals surface area contributed by atoms with Gasteiger partial charge in [0, 0.05) is 27.3 Å². The lowest BCUT2D eigenvalue weighted by Crippen LogP contribution is -2.23. The Labute approximate surface area is 176 Å². The Morgan fingerprint density at radius 3 is 2.69 bits per heavy atom. The molecule has 0 atom stereocenters. The summed E-state index contributed by atoms with van der Waals surface area (Å²) in [6, 6.07) is 13.8. The quantitative estimate of drug-likeness (QED) is 0.429. The Morgan fingerprint density at radius 1 is 1.10 bits per heavy atom. The van der Waals surface area contributed by atoms with E-state index >= 15 is 0 Å². The van der Waals surface area contributed by atoms with Gasteiger partial charge in [0.25, 0.3) is 5.91 Å². The molecule has 4 rings (SSSR count). The van der Waals surface area contributed by atoms with Crippen LogP contribution in [-0.2, 0) is 6.54 Å². The SMILES string of the molecule is Cc1sc2ncnc(Sc3ccccc3C(=O)NCc3ccccc3F)c2c1C. The lowest BCUT2D eigenvalue weighted by molar-refractivity contribution is 0.0947. The van der Waals surface area contributed by atoms with Crippen molar-refractivity contribution in [1.29, 1.82) is 0 Å². The van der Waals surface area contributed by atoms with Gasteiger partial charge in [-0.25, -0.2) is 14.4 Å². The highest BCUT2D eigenvalue weighted by Gasteiger charge is 2.17. The van der Waals surface area contributed by atoms with Crippen molar-refractivity contribution in [2.75, 3.05) is 0 Å². The van der Waals surface area contributed by atoms with Crippen LogP contribution < -0.4 is 5.32 Å². The van der Waals surface area contributed by atoms with Gasteiger partial charge >= 0.3 is 0 Å². The number of benzene rings is 2. The number of rotatable bonds is 5. The zero-order valence-corrected chi connectivity index (χ0v) is 17.5. The lowest BCUT2D eigenvalue weighted by atomic mass is 10.2. The molecular formula is C22H18FN3OS2. The minimum Gasteiger partial charge on any atom is -0.348 e. The first-order chi connectivity index (χ1) is 14.0. The van der Waals surface area contributed by atoms with Gasteiger partial charge in [0.1, 0.15) is 22.0 Å². The molecule has 4 aromatic rings. The molecule has 4 nitrogen and oxygen atoms in total. The van der Waals surface area contributed by atoms with E-state index in [1.807, 2.05) is 18.2 Å². The van der Waals surface area contributed by atoms with E-state index in [1.54, 1.807) is 41.9 Å². The molecule has 0 aliphatic heterocycles. The van der Waals surface area contributed by atoms with Crippen LogP contribution in [-0.4, -0.2) is 15.9 Å². The zero-order chi connectivity index (χ0) is 20.4. The van der Waals surface area contributed by atoms with Crippen molar-refractivity contribution in [3.05, 3.63) is 82.2 Å². The predicted molar refractivity (Wildman–Crippen MR) is 115 cm³/mol. The number of carbonyl (C=O) groups is 1. The number of thiophene rings is 1. The predicted octanol–water partition coefficient (Wildman–Crippen LogP) is 5.53. The fourth-order valence-corrected chi connectivity index (χ4v) is 5.13. The van der Waals surface area contributed by atoms with E-state index in [9.17, 15) is 9.18 Å². The number of halogens is 1. The van der Waals surface area contributed by atoms with Crippen LogP contribution in [0.15, 0.2) is 64.8 Å². The molecule has 0 unspecified atom stereocenters. The fourth-order valence-electron chi connectivity index (χ4n) is 2.99. The molecule has 0 radical (unpaired) electrons. The van der Waals surface area contributed by atoms with Crippen LogP contribution in [0.1, 0.15) is 26.4 Å². The minimum absolute atomic E-state index is 0.130. The Hall–Kier alpha value is -2.77. The average molecular weight is 424 g/mol. The number of nitrogens with one attached hydrogen (secondary N) is 1. The first-order valence-electron chi connectivity index (χ1n) is 9.04. The Balaban J connectivity index is 1.61. The summed E-state index contributed by atoms with van der Waals surface area (Å²) < 4.78 is 13.8. The number of hydrogen-bond donors (Lipinski definition) is 1. The summed E-state index contributed by atoms with van der Waals surface area (Å²) in [7, 11) is 0. The van der Waals surface area contributed by atoms with Crippen molar-refractivity contribution >= 4 is 39.2 Å². The second kappa shape index (κ2) is 8.31. The highest BCUT2D eigenvalue weighted by molar-refractivity contribution is 7.99. The Bertz CT molecular complexity index is 1210. The first kappa shape index (κ1) is 19.5. The molecule has 2 heterocycles. The summed E-state index contributed by atoms with van der Waals surface area (Å²) in [5, 5.41) is 4.67. The minimum atomic E-state index is -0.331. The van der Waals surface area contributed by atoms with Crippen molar-refractivity contribution in [2.24, 2.45) is 0 Å². The maximum Gasteiger partial charge on any atom is 0.252 e. The van der Waals surface area contributed by atoms with E-state index in [0.717, 1.165) is 25.7 Å². The largest absolute Gasteiger partial charge is 0.348 e. The number of nitrogens with zero attached hydrogens (tertiary/aromatic N) is 2. The van der Waals surface area contributed by atoms with E-state index in [0.29, 0.717) is 11.1 Å².